The van der Waals surface area contributed by atoms with Crippen molar-refractivity contribution in [2.24, 2.45) is 0 Å². The Bertz CT molecular complexity index is 942. The molecule has 4 rings (SSSR count). The minimum absolute atomic E-state index is 0.0210. The molecule has 8 heteroatoms. The number of aryl methyl sites for hydroxylation is 3. The first kappa shape index (κ1) is 15.7. The third kappa shape index (κ3) is 2.77. The number of hydrogen-bond acceptors (Lipinski definition) is 5. The highest BCUT2D eigenvalue weighted by molar-refractivity contribution is 5.99. The zero-order valence-corrected chi connectivity index (χ0v) is 14.7. The summed E-state index contributed by atoms with van der Waals surface area (Å²) in [5.41, 5.74) is 2.03. The Morgan fingerprint density at radius 1 is 1.24 bits per heavy atom. The summed E-state index contributed by atoms with van der Waals surface area (Å²) in [6.45, 7) is 7.13. The van der Waals surface area contributed by atoms with Gasteiger partial charge in [-0.25, -0.2) is 19.2 Å². The molecule has 0 N–H and O–H groups in total. The quantitative estimate of drug-likeness (QED) is 0.710. The van der Waals surface area contributed by atoms with E-state index in [0.717, 1.165) is 36.7 Å². The maximum atomic E-state index is 13.0. The van der Waals surface area contributed by atoms with Crippen LogP contribution in [0.25, 0.3) is 5.65 Å². The van der Waals surface area contributed by atoms with Gasteiger partial charge < -0.3 is 4.90 Å². The topological polar surface area (TPSA) is 81.2 Å². The molecule has 0 saturated carbocycles. The number of carbonyl (C=O) groups is 1. The summed E-state index contributed by atoms with van der Waals surface area (Å²) in [6.07, 6.45) is 5.38. The fourth-order valence-corrected chi connectivity index (χ4v) is 3.50. The highest BCUT2D eigenvalue weighted by atomic mass is 16.2. The molecule has 130 valence electrons. The summed E-state index contributed by atoms with van der Waals surface area (Å²) in [5.74, 6) is 1.64. The van der Waals surface area contributed by atoms with Crippen LogP contribution in [0.4, 0.5) is 0 Å². The molecule has 1 amide bonds. The molecule has 0 bridgehead atoms. The minimum atomic E-state index is -0.0210. The summed E-state index contributed by atoms with van der Waals surface area (Å²) in [7, 11) is 0. The number of aromatic nitrogens is 6. The Hall–Kier alpha value is -2.77. The van der Waals surface area contributed by atoms with Gasteiger partial charge in [0.05, 0.1) is 12.2 Å². The Morgan fingerprint density at radius 3 is 2.84 bits per heavy atom. The van der Waals surface area contributed by atoms with Crippen LogP contribution in [0, 0.1) is 20.8 Å². The standard InChI is InChI=1S/C17H21N7O/c1-11-6-8-23-16(19-11)15(9-18-23)17(25)22-7-4-5-14(10-22)24-13(3)20-12(2)21-24/h6,8-9,14H,4-5,7,10H2,1-3H3/t14-/m0/s1. The van der Waals surface area contributed by atoms with Gasteiger partial charge in [0.25, 0.3) is 5.91 Å². The Kier molecular flexibility index (Phi) is 3.74. The maximum Gasteiger partial charge on any atom is 0.259 e. The molecule has 1 saturated heterocycles. The molecule has 0 spiro atoms. The number of nitrogens with zero attached hydrogens (tertiary/aromatic N) is 7. The molecule has 1 aliphatic rings. The lowest BCUT2D eigenvalue weighted by molar-refractivity contribution is 0.0673. The van der Waals surface area contributed by atoms with E-state index in [1.165, 1.54) is 0 Å². The molecule has 8 nitrogen and oxygen atoms in total. The van der Waals surface area contributed by atoms with Crippen LogP contribution in [0.2, 0.25) is 0 Å². The Balaban J connectivity index is 1.61. The van der Waals surface area contributed by atoms with Gasteiger partial charge in [-0.1, -0.05) is 0 Å². The third-order valence-corrected chi connectivity index (χ3v) is 4.68. The van der Waals surface area contributed by atoms with E-state index in [2.05, 4.69) is 20.2 Å². The van der Waals surface area contributed by atoms with E-state index < -0.39 is 0 Å². The van der Waals surface area contributed by atoms with E-state index in [4.69, 9.17) is 0 Å². The van der Waals surface area contributed by atoms with Gasteiger partial charge >= 0.3 is 0 Å². The molecule has 3 aromatic rings. The monoisotopic (exact) mass is 339 g/mol. The van der Waals surface area contributed by atoms with Gasteiger partial charge in [-0.2, -0.15) is 10.2 Å². The van der Waals surface area contributed by atoms with Crippen molar-refractivity contribution in [3.63, 3.8) is 0 Å². The van der Waals surface area contributed by atoms with E-state index in [1.54, 1.807) is 10.7 Å². The molecule has 1 atom stereocenters. The summed E-state index contributed by atoms with van der Waals surface area (Å²) in [5, 5.41) is 8.74. The van der Waals surface area contributed by atoms with Crippen LogP contribution in [0.15, 0.2) is 18.5 Å². The van der Waals surface area contributed by atoms with E-state index in [1.807, 2.05) is 42.6 Å². The number of hydrogen-bond donors (Lipinski definition) is 0. The van der Waals surface area contributed by atoms with Gasteiger partial charge in [-0.05, 0) is 39.7 Å². The fraction of sp³-hybridized carbons (Fsp3) is 0.471. The second-order valence-electron chi connectivity index (χ2n) is 6.59. The second kappa shape index (κ2) is 5.94. The van der Waals surface area contributed by atoms with Gasteiger partial charge in [0, 0.05) is 25.0 Å². The van der Waals surface area contributed by atoms with E-state index in [0.29, 0.717) is 17.8 Å². The summed E-state index contributed by atoms with van der Waals surface area (Å²) < 4.78 is 3.60. The van der Waals surface area contributed by atoms with Crippen molar-refractivity contribution < 1.29 is 4.79 Å². The molecule has 1 fully saturated rings. The van der Waals surface area contributed by atoms with Crippen molar-refractivity contribution in [3.05, 3.63) is 41.4 Å². The molecule has 0 aliphatic carbocycles. The normalized spacial score (nSPS) is 18.0. The van der Waals surface area contributed by atoms with Gasteiger partial charge in [-0.3, -0.25) is 4.79 Å². The summed E-state index contributed by atoms with van der Waals surface area (Å²) >= 11 is 0. The number of fused-ring (bicyclic) bond motifs is 1. The summed E-state index contributed by atoms with van der Waals surface area (Å²) in [6, 6.07) is 2.04. The molecule has 0 aromatic carbocycles. The van der Waals surface area contributed by atoms with Crippen molar-refractivity contribution in [1.29, 1.82) is 0 Å². The van der Waals surface area contributed by atoms with Crippen LogP contribution in [0.5, 0.6) is 0 Å². The minimum Gasteiger partial charge on any atom is -0.336 e. The predicted octanol–water partition coefficient (Wildman–Crippen LogP) is 1.72. The molecule has 3 aromatic heterocycles. The molecule has 0 unspecified atom stereocenters. The first-order valence-corrected chi connectivity index (χ1v) is 8.53. The van der Waals surface area contributed by atoms with Crippen LogP contribution >= 0.6 is 0 Å². The van der Waals surface area contributed by atoms with Gasteiger partial charge in [0.1, 0.15) is 17.2 Å². The summed E-state index contributed by atoms with van der Waals surface area (Å²) in [4.78, 5) is 23.8. The number of amides is 1. The average molecular weight is 339 g/mol. The highest BCUT2D eigenvalue weighted by Gasteiger charge is 2.29. The van der Waals surface area contributed by atoms with Crippen molar-refractivity contribution >= 4 is 11.6 Å². The van der Waals surface area contributed by atoms with E-state index in [-0.39, 0.29) is 11.9 Å². The highest BCUT2D eigenvalue weighted by Crippen LogP contribution is 2.24. The lowest BCUT2D eigenvalue weighted by atomic mass is 10.0. The maximum absolute atomic E-state index is 13.0. The molecule has 4 heterocycles. The van der Waals surface area contributed by atoms with Crippen LogP contribution in [0.1, 0.15) is 46.6 Å². The lowest BCUT2D eigenvalue weighted by Crippen LogP contribution is -2.41. The number of likely N-dealkylation sites (tertiary alicyclic amines) is 1. The predicted molar refractivity (Wildman–Crippen MR) is 91.4 cm³/mol. The van der Waals surface area contributed by atoms with Gasteiger partial charge in [-0.15, -0.1) is 0 Å². The van der Waals surface area contributed by atoms with Crippen molar-refractivity contribution in [2.75, 3.05) is 13.1 Å². The second-order valence-corrected chi connectivity index (χ2v) is 6.59. The number of rotatable bonds is 2. The van der Waals surface area contributed by atoms with Crippen molar-refractivity contribution in [3.8, 4) is 0 Å². The molecular weight excluding hydrogens is 318 g/mol. The van der Waals surface area contributed by atoms with E-state index >= 15 is 0 Å². The van der Waals surface area contributed by atoms with E-state index in [9.17, 15) is 4.79 Å². The van der Waals surface area contributed by atoms with Crippen LogP contribution < -0.4 is 0 Å². The van der Waals surface area contributed by atoms with Crippen molar-refractivity contribution in [1.82, 2.24) is 34.3 Å². The molecule has 1 aliphatic heterocycles. The first-order chi connectivity index (χ1) is 12.0. The zero-order chi connectivity index (χ0) is 17.6. The van der Waals surface area contributed by atoms with Crippen LogP contribution in [-0.2, 0) is 0 Å². The zero-order valence-electron chi connectivity index (χ0n) is 14.7. The first-order valence-electron chi connectivity index (χ1n) is 8.53. The Labute approximate surface area is 145 Å². The molecule has 25 heavy (non-hydrogen) atoms. The number of piperidine rings is 1. The van der Waals surface area contributed by atoms with Crippen molar-refractivity contribution in [2.45, 2.75) is 39.7 Å². The van der Waals surface area contributed by atoms with Crippen LogP contribution in [0.3, 0.4) is 0 Å². The van der Waals surface area contributed by atoms with Gasteiger partial charge in [0.2, 0.25) is 0 Å². The van der Waals surface area contributed by atoms with Gasteiger partial charge in [0.15, 0.2) is 5.65 Å². The SMILES string of the molecule is Cc1ccn2ncc(C(=O)N3CCC[C@H](n4nc(C)nc4C)C3)c2n1. The molecule has 0 radical (unpaired) electrons. The fourth-order valence-electron chi connectivity index (χ4n) is 3.50. The lowest BCUT2D eigenvalue weighted by Gasteiger charge is -2.32. The number of carbonyl (C=O) groups excluding carboxylic acids is 1. The average Bonchev–Trinajstić information content (AvgIpc) is 3.16. The smallest absolute Gasteiger partial charge is 0.259 e. The third-order valence-electron chi connectivity index (χ3n) is 4.68. The molecular formula is C17H21N7O. The largest absolute Gasteiger partial charge is 0.336 e. The van der Waals surface area contributed by atoms with Crippen LogP contribution in [-0.4, -0.2) is 53.3 Å². The Morgan fingerprint density at radius 2 is 2.08 bits per heavy atom.